The molecule has 2 atom stereocenters. The van der Waals surface area contributed by atoms with E-state index in [0.717, 1.165) is 18.7 Å². The van der Waals surface area contributed by atoms with Crippen LogP contribution in [0.1, 0.15) is 50.2 Å². The molecule has 0 bridgehead atoms. The molecule has 3 rings (SSSR count). The predicted molar refractivity (Wildman–Crippen MR) is 59.6 cm³/mol. The first-order valence-electron chi connectivity index (χ1n) is 6.31. The van der Waals surface area contributed by atoms with Gasteiger partial charge in [-0.3, -0.25) is 0 Å². The third-order valence-electron chi connectivity index (χ3n) is 3.54. The molecule has 1 N–H and O–H groups in total. The molecule has 1 aliphatic carbocycles. The van der Waals surface area contributed by atoms with Gasteiger partial charge in [-0.2, -0.15) is 4.98 Å². The lowest BCUT2D eigenvalue weighted by Crippen LogP contribution is -2.41. The first kappa shape index (κ1) is 11.2. The molecule has 0 spiro atoms. The molecule has 2 heterocycles. The van der Waals surface area contributed by atoms with Crippen molar-refractivity contribution in [3.8, 4) is 0 Å². The summed E-state index contributed by atoms with van der Waals surface area (Å²) >= 11 is 0. The fraction of sp³-hybridized carbons (Fsp3) is 0.833. The second kappa shape index (κ2) is 4.07. The molecule has 1 aliphatic heterocycles. The fourth-order valence-electron chi connectivity index (χ4n) is 2.44. The van der Waals surface area contributed by atoms with Gasteiger partial charge in [-0.05, 0) is 19.8 Å². The minimum absolute atomic E-state index is 0.0968. The highest BCUT2D eigenvalue weighted by Gasteiger charge is 2.36. The second-order valence-corrected chi connectivity index (χ2v) is 5.36. The molecule has 5 nitrogen and oxygen atoms in total. The zero-order chi connectivity index (χ0) is 11.9. The van der Waals surface area contributed by atoms with E-state index in [2.05, 4.69) is 10.1 Å². The van der Waals surface area contributed by atoms with Crippen molar-refractivity contribution in [1.82, 2.24) is 10.1 Å². The van der Waals surface area contributed by atoms with Crippen molar-refractivity contribution in [3.63, 3.8) is 0 Å². The van der Waals surface area contributed by atoms with Crippen LogP contribution in [0.2, 0.25) is 0 Å². The SMILES string of the molecule is CC1CC(O)(Cc2nc(C3CC3)no2)CCO1. The van der Waals surface area contributed by atoms with E-state index in [1.807, 2.05) is 6.92 Å². The Labute approximate surface area is 100 Å². The molecule has 2 aliphatic rings. The van der Waals surface area contributed by atoms with Gasteiger partial charge in [0.15, 0.2) is 5.82 Å². The van der Waals surface area contributed by atoms with Crippen molar-refractivity contribution in [2.24, 2.45) is 0 Å². The number of nitrogens with zero attached hydrogens (tertiary/aromatic N) is 2. The summed E-state index contributed by atoms with van der Waals surface area (Å²) in [4.78, 5) is 4.36. The van der Waals surface area contributed by atoms with Gasteiger partial charge in [0, 0.05) is 25.4 Å². The van der Waals surface area contributed by atoms with Crippen LogP contribution in [0, 0.1) is 0 Å². The Balaban J connectivity index is 1.67. The smallest absolute Gasteiger partial charge is 0.229 e. The van der Waals surface area contributed by atoms with E-state index in [-0.39, 0.29) is 6.10 Å². The Hall–Kier alpha value is -0.940. The van der Waals surface area contributed by atoms with Gasteiger partial charge in [0.2, 0.25) is 5.89 Å². The number of hydrogen-bond acceptors (Lipinski definition) is 5. The van der Waals surface area contributed by atoms with Crippen molar-refractivity contribution in [3.05, 3.63) is 11.7 Å². The molecular weight excluding hydrogens is 220 g/mol. The summed E-state index contributed by atoms with van der Waals surface area (Å²) in [6.07, 6.45) is 4.13. The molecule has 0 radical (unpaired) electrons. The van der Waals surface area contributed by atoms with E-state index in [1.54, 1.807) is 0 Å². The maximum Gasteiger partial charge on any atom is 0.229 e. The number of rotatable bonds is 3. The number of ether oxygens (including phenoxy) is 1. The lowest BCUT2D eigenvalue weighted by atomic mass is 9.88. The number of aliphatic hydroxyl groups is 1. The van der Waals surface area contributed by atoms with Crippen LogP contribution in [0.25, 0.3) is 0 Å². The van der Waals surface area contributed by atoms with E-state index in [0.29, 0.717) is 37.7 Å². The first-order chi connectivity index (χ1) is 8.15. The zero-order valence-electron chi connectivity index (χ0n) is 10.1. The third-order valence-corrected chi connectivity index (χ3v) is 3.54. The summed E-state index contributed by atoms with van der Waals surface area (Å²) < 4.78 is 10.6. The van der Waals surface area contributed by atoms with E-state index in [1.165, 1.54) is 0 Å². The highest BCUT2D eigenvalue weighted by Crippen LogP contribution is 2.38. The number of hydrogen-bond donors (Lipinski definition) is 1. The lowest BCUT2D eigenvalue weighted by molar-refractivity contribution is -0.0987. The van der Waals surface area contributed by atoms with Gasteiger partial charge >= 0.3 is 0 Å². The Morgan fingerprint density at radius 1 is 1.47 bits per heavy atom. The summed E-state index contributed by atoms with van der Waals surface area (Å²) in [6.45, 7) is 2.58. The Bertz CT molecular complexity index is 402. The molecule has 1 saturated carbocycles. The van der Waals surface area contributed by atoms with E-state index in [9.17, 15) is 5.11 Å². The fourth-order valence-corrected chi connectivity index (χ4v) is 2.44. The minimum Gasteiger partial charge on any atom is -0.389 e. The average molecular weight is 238 g/mol. The molecule has 17 heavy (non-hydrogen) atoms. The summed E-state index contributed by atoms with van der Waals surface area (Å²) in [5.41, 5.74) is -0.745. The monoisotopic (exact) mass is 238 g/mol. The van der Waals surface area contributed by atoms with Crippen LogP contribution >= 0.6 is 0 Å². The molecule has 2 fully saturated rings. The van der Waals surface area contributed by atoms with Crippen molar-refractivity contribution in [2.75, 3.05) is 6.61 Å². The van der Waals surface area contributed by atoms with Crippen LogP contribution in [-0.4, -0.2) is 33.6 Å². The van der Waals surface area contributed by atoms with Gasteiger partial charge in [-0.25, -0.2) is 0 Å². The Morgan fingerprint density at radius 2 is 2.29 bits per heavy atom. The van der Waals surface area contributed by atoms with Crippen LogP contribution < -0.4 is 0 Å². The molecule has 1 saturated heterocycles. The summed E-state index contributed by atoms with van der Waals surface area (Å²) in [5, 5.41) is 14.4. The maximum atomic E-state index is 10.5. The van der Waals surface area contributed by atoms with Crippen molar-refractivity contribution in [1.29, 1.82) is 0 Å². The van der Waals surface area contributed by atoms with E-state index < -0.39 is 5.60 Å². The van der Waals surface area contributed by atoms with Crippen LogP contribution in [0.3, 0.4) is 0 Å². The van der Waals surface area contributed by atoms with Crippen LogP contribution in [0.5, 0.6) is 0 Å². The standard InChI is InChI=1S/C12H18N2O3/c1-8-6-12(15,4-5-16-8)7-10-13-11(14-17-10)9-2-3-9/h8-9,15H,2-7H2,1H3. The Kier molecular flexibility index (Phi) is 2.67. The first-order valence-corrected chi connectivity index (χ1v) is 6.31. The van der Waals surface area contributed by atoms with E-state index in [4.69, 9.17) is 9.26 Å². The quantitative estimate of drug-likeness (QED) is 0.862. The average Bonchev–Trinajstić information content (AvgIpc) is 3.00. The van der Waals surface area contributed by atoms with Gasteiger partial charge in [0.1, 0.15) is 0 Å². The molecule has 2 unspecified atom stereocenters. The highest BCUT2D eigenvalue weighted by molar-refractivity contribution is 5.04. The largest absolute Gasteiger partial charge is 0.389 e. The highest BCUT2D eigenvalue weighted by atomic mass is 16.5. The van der Waals surface area contributed by atoms with Crippen molar-refractivity contribution < 1.29 is 14.4 Å². The molecule has 0 amide bonds. The molecule has 5 heteroatoms. The summed E-state index contributed by atoms with van der Waals surface area (Å²) in [7, 11) is 0. The minimum atomic E-state index is -0.745. The van der Waals surface area contributed by atoms with Crippen LogP contribution in [-0.2, 0) is 11.2 Å². The lowest BCUT2D eigenvalue weighted by Gasteiger charge is -2.34. The van der Waals surface area contributed by atoms with Gasteiger partial charge in [0.25, 0.3) is 0 Å². The zero-order valence-corrected chi connectivity index (χ0v) is 10.1. The Morgan fingerprint density at radius 3 is 3.00 bits per heavy atom. The maximum absolute atomic E-state index is 10.5. The van der Waals surface area contributed by atoms with Crippen LogP contribution in [0.15, 0.2) is 4.52 Å². The molecular formula is C12H18N2O3. The molecule has 1 aromatic heterocycles. The third kappa shape index (κ3) is 2.50. The molecule has 1 aromatic rings. The normalized spacial score (nSPS) is 33.9. The van der Waals surface area contributed by atoms with Crippen molar-refractivity contribution in [2.45, 2.75) is 56.7 Å². The van der Waals surface area contributed by atoms with Crippen molar-refractivity contribution >= 4 is 0 Å². The van der Waals surface area contributed by atoms with E-state index >= 15 is 0 Å². The summed E-state index contributed by atoms with van der Waals surface area (Å²) in [5.74, 6) is 1.86. The predicted octanol–water partition coefficient (Wildman–Crippen LogP) is 1.42. The number of aromatic nitrogens is 2. The van der Waals surface area contributed by atoms with Gasteiger partial charge in [-0.15, -0.1) is 0 Å². The molecule has 94 valence electrons. The van der Waals surface area contributed by atoms with Gasteiger partial charge in [0.05, 0.1) is 18.1 Å². The van der Waals surface area contributed by atoms with Crippen LogP contribution in [0.4, 0.5) is 0 Å². The summed E-state index contributed by atoms with van der Waals surface area (Å²) in [6, 6.07) is 0. The second-order valence-electron chi connectivity index (χ2n) is 5.36. The van der Waals surface area contributed by atoms with Gasteiger partial charge in [-0.1, -0.05) is 5.16 Å². The molecule has 0 aromatic carbocycles. The van der Waals surface area contributed by atoms with Gasteiger partial charge < -0.3 is 14.4 Å². The topological polar surface area (TPSA) is 68.4 Å².